The van der Waals surface area contributed by atoms with Crippen LogP contribution >= 0.6 is 11.3 Å². The van der Waals surface area contributed by atoms with Gasteiger partial charge in [0.2, 0.25) is 0 Å². The van der Waals surface area contributed by atoms with Gasteiger partial charge in [-0.2, -0.15) is 0 Å². The molecule has 2 heterocycles. The van der Waals surface area contributed by atoms with Crippen LogP contribution in [0.15, 0.2) is 48.8 Å². The minimum absolute atomic E-state index is 0.000154. The number of hydrogen-bond acceptors (Lipinski definition) is 3. The third-order valence-electron chi connectivity index (χ3n) is 3.47. The van der Waals surface area contributed by atoms with Crippen molar-refractivity contribution in [1.29, 1.82) is 0 Å². The van der Waals surface area contributed by atoms with Gasteiger partial charge in [0.1, 0.15) is 0 Å². The van der Waals surface area contributed by atoms with Gasteiger partial charge >= 0.3 is 0 Å². The molecule has 2 aromatic heterocycles. The van der Waals surface area contributed by atoms with Crippen LogP contribution < -0.4 is 5.73 Å². The van der Waals surface area contributed by atoms with Gasteiger partial charge in [-0.1, -0.05) is 24.0 Å². The molecule has 2 N–H and O–H groups in total. The van der Waals surface area contributed by atoms with E-state index in [9.17, 15) is 0 Å². The normalized spacial score (nSPS) is 11.1. The number of nitrogens with zero attached hydrogens (tertiary/aromatic N) is 2. The molecule has 0 unspecified atom stereocenters. The molecule has 1 aromatic carbocycles. The number of hydrogen-bond donors (Lipinski definition) is 1. The number of benzene rings is 1. The molecule has 0 spiro atoms. The Morgan fingerprint density at radius 1 is 1.09 bits per heavy atom. The Balaban J connectivity index is 1.91. The van der Waals surface area contributed by atoms with Crippen molar-refractivity contribution in [2.75, 3.05) is 5.73 Å². The number of nitrogens with two attached hydrogens (primary N) is 1. The molecule has 0 aliphatic rings. The molecule has 0 aliphatic heterocycles. The van der Waals surface area contributed by atoms with E-state index in [-0.39, 0.29) is 5.54 Å². The summed E-state index contributed by atoms with van der Waals surface area (Å²) in [4.78, 5) is 6.63. The Morgan fingerprint density at radius 3 is 2.61 bits per heavy atom. The van der Waals surface area contributed by atoms with Crippen molar-refractivity contribution >= 4 is 17.0 Å². The Kier molecular flexibility index (Phi) is 3.97. The topological polar surface area (TPSA) is 43.8 Å². The monoisotopic (exact) mass is 321 g/mol. The molecule has 3 nitrogen and oxygen atoms in total. The summed E-state index contributed by atoms with van der Waals surface area (Å²) in [6.45, 7) is 6.51. The first-order valence-electron chi connectivity index (χ1n) is 7.46. The summed E-state index contributed by atoms with van der Waals surface area (Å²) in [5.74, 6) is 7.32. The van der Waals surface area contributed by atoms with Crippen LogP contribution in [0, 0.1) is 11.8 Å². The maximum atomic E-state index is 5.92. The molecule has 0 saturated heterocycles. The van der Waals surface area contributed by atoms with Gasteiger partial charge in [0, 0.05) is 29.2 Å². The zero-order chi connectivity index (χ0) is 16.4. The molecule has 0 amide bonds. The van der Waals surface area contributed by atoms with Crippen LogP contribution in [0.25, 0.3) is 10.7 Å². The average molecular weight is 321 g/mol. The van der Waals surface area contributed by atoms with E-state index < -0.39 is 0 Å². The molecule has 0 fully saturated rings. The number of nitrogen functional groups attached to an aromatic ring is 1. The van der Waals surface area contributed by atoms with Crippen LogP contribution in [0.2, 0.25) is 0 Å². The summed E-state index contributed by atoms with van der Waals surface area (Å²) in [5, 5.41) is 0. The predicted molar refractivity (Wildman–Crippen MR) is 97.4 cm³/mol. The lowest BCUT2D eigenvalue weighted by atomic mass is 10.1. The lowest BCUT2D eigenvalue weighted by molar-refractivity contribution is 0.401. The van der Waals surface area contributed by atoms with Gasteiger partial charge in [-0.3, -0.25) is 0 Å². The van der Waals surface area contributed by atoms with E-state index >= 15 is 0 Å². The second-order valence-corrected chi connectivity index (χ2v) is 7.38. The summed E-state index contributed by atoms with van der Waals surface area (Å²) < 4.78 is 2.19. The maximum absolute atomic E-state index is 5.92. The molecule has 3 aromatic rings. The Labute approximate surface area is 140 Å². The van der Waals surface area contributed by atoms with Gasteiger partial charge < -0.3 is 10.3 Å². The van der Waals surface area contributed by atoms with Gasteiger partial charge in [0.25, 0.3) is 0 Å². The van der Waals surface area contributed by atoms with Crippen molar-refractivity contribution in [1.82, 2.24) is 9.55 Å². The summed E-state index contributed by atoms with van der Waals surface area (Å²) in [5.41, 5.74) is 7.49. The first-order valence-corrected chi connectivity index (χ1v) is 8.27. The Hall–Kier alpha value is -2.51. The zero-order valence-corrected chi connectivity index (χ0v) is 14.3. The second kappa shape index (κ2) is 5.94. The van der Waals surface area contributed by atoms with Gasteiger partial charge in [0.15, 0.2) is 5.82 Å². The molecule has 116 valence electrons. The summed E-state index contributed by atoms with van der Waals surface area (Å²) in [7, 11) is 0. The highest BCUT2D eigenvalue weighted by atomic mass is 32.1. The van der Waals surface area contributed by atoms with Gasteiger partial charge in [0.05, 0.1) is 9.75 Å². The van der Waals surface area contributed by atoms with E-state index in [1.165, 1.54) is 0 Å². The van der Waals surface area contributed by atoms with Crippen LogP contribution in [0.5, 0.6) is 0 Å². The molecule has 0 radical (unpaired) electrons. The predicted octanol–water partition coefficient (Wildman–Crippen LogP) is 4.35. The maximum Gasteiger partial charge on any atom is 0.150 e. The fourth-order valence-electron chi connectivity index (χ4n) is 2.29. The van der Waals surface area contributed by atoms with E-state index in [1.807, 2.05) is 42.7 Å². The highest BCUT2D eigenvalue weighted by Gasteiger charge is 2.18. The number of thiophene rings is 1. The minimum Gasteiger partial charge on any atom is -0.398 e. The van der Waals surface area contributed by atoms with E-state index in [4.69, 9.17) is 5.73 Å². The fraction of sp³-hybridized carbons (Fsp3) is 0.211. The SMILES string of the molecule is CC(C)(C)n1ccnc1-c1ccc(C#Cc2ccccc2N)s1. The van der Waals surface area contributed by atoms with E-state index in [0.717, 1.165) is 21.1 Å². The third-order valence-corrected chi connectivity index (χ3v) is 4.47. The van der Waals surface area contributed by atoms with Gasteiger partial charge in [-0.05, 0) is 45.0 Å². The van der Waals surface area contributed by atoms with Crippen LogP contribution in [0.3, 0.4) is 0 Å². The molecule has 23 heavy (non-hydrogen) atoms. The summed E-state index contributed by atoms with van der Waals surface area (Å²) in [6.07, 6.45) is 3.86. The molecular weight excluding hydrogens is 302 g/mol. The first-order chi connectivity index (χ1) is 10.9. The number of rotatable bonds is 1. The van der Waals surface area contributed by atoms with Crippen molar-refractivity contribution in [2.24, 2.45) is 0 Å². The van der Waals surface area contributed by atoms with Crippen LogP contribution in [-0.2, 0) is 5.54 Å². The standard InChI is InChI=1S/C19H19N3S/c1-19(2,3)22-13-12-21-18(22)17-11-10-15(23-17)9-8-14-6-4-5-7-16(14)20/h4-7,10-13H,20H2,1-3H3. The molecule has 0 atom stereocenters. The highest BCUT2D eigenvalue weighted by molar-refractivity contribution is 7.15. The number of aromatic nitrogens is 2. The Morgan fingerprint density at radius 2 is 1.87 bits per heavy atom. The zero-order valence-electron chi connectivity index (χ0n) is 13.5. The number of anilines is 1. The average Bonchev–Trinajstić information content (AvgIpc) is 3.14. The third kappa shape index (κ3) is 3.30. The molecule has 0 aliphatic carbocycles. The Bertz CT molecular complexity index is 885. The summed E-state index contributed by atoms with van der Waals surface area (Å²) >= 11 is 1.65. The lowest BCUT2D eigenvalue weighted by Crippen LogP contribution is -2.21. The molecule has 4 heteroatoms. The smallest absolute Gasteiger partial charge is 0.150 e. The van der Waals surface area contributed by atoms with Crippen LogP contribution in [0.1, 0.15) is 31.2 Å². The van der Waals surface area contributed by atoms with Crippen LogP contribution in [-0.4, -0.2) is 9.55 Å². The second-order valence-electron chi connectivity index (χ2n) is 6.29. The molecule has 0 bridgehead atoms. The largest absolute Gasteiger partial charge is 0.398 e. The van der Waals surface area contributed by atoms with Gasteiger partial charge in [-0.15, -0.1) is 11.3 Å². The first kappa shape index (κ1) is 15.4. The number of para-hydroxylation sites is 1. The fourth-order valence-corrected chi connectivity index (χ4v) is 3.15. The molecule has 3 rings (SSSR count). The van der Waals surface area contributed by atoms with E-state index in [2.05, 4.69) is 48.2 Å². The summed E-state index contributed by atoms with van der Waals surface area (Å²) in [6, 6.07) is 11.8. The van der Waals surface area contributed by atoms with Crippen molar-refractivity contribution in [3.05, 3.63) is 59.2 Å². The lowest BCUT2D eigenvalue weighted by Gasteiger charge is -2.22. The highest BCUT2D eigenvalue weighted by Crippen LogP contribution is 2.30. The van der Waals surface area contributed by atoms with Crippen molar-refractivity contribution in [2.45, 2.75) is 26.3 Å². The van der Waals surface area contributed by atoms with E-state index in [0.29, 0.717) is 5.69 Å². The van der Waals surface area contributed by atoms with Gasteiger partial charge in [-0.25, -0.2) is 4.98 Å². The van der Waals surface area contributed by atoms with Crippen molar-refractivity contribution < 1.29 is 0 Å². The molecular formula is C19H19N3S. The molecule has 0 saturated carbocycles. The van der Waals surface area contributed by atoms with Crippen LogP contribution in [0.4, 0.5) is 5.69 Å². The van der Waals surface area contributed by atoms with Crippen molar-refractivity contribution in [3.63, 3.8) is 0 Å². The quantitative estimate of drug-likeness (QED) is 0.535. The van der Waals surface area contributed by atoms with E-state index in [1.54, 1.807) is 11.3 Å². The number of imidazole rings is 1. The van der Waals surface area contributed by atoms with Crippen molar-refractivity contribution in [3.8, 4) is 22.5 Å². The minimum atomic E-state index is 0.000154.